The molecule has 13 heteroatoms. The second-order valence-electron chi connectivity index (χ2n) is 3.37. The van der Waals surface area contributed by atoms with E-state index in [1.54, 1.807) is 0 Å². The fraction of sp³-hybridized carbons (Fsp3) is 0.833. The van der Waals surface area contributed by atoms with Crippen molar-refractivity contribution in [3.05, 3.63) is 0 Å². The predicted octanol–water partition coefficient (Wildman–Crippen LogP) is 2.85. The summed E-state index contributed by atoms with van der Waals surface area (Å²) in [6.45, 7) is 0. The Balaban J connectivity index is 3.14. The summed E-state index contributed by atoms with van der Waals surface area (Å²) < 4.78 is 133. The van der Waals surface area contributed by atoms with Crippen LogP contribution in [-0.4, -0.2) is 40.9 Å². The van der Waals surface area contributed by atoms with Crippen LogP contribution in [0, 0.1) is 0 Å². The smallest absolute Gasteiger partial charge is 0.267 e. The van der Waals surface area contributed by atoms with Crippen LogP contribution in [0.3, 0.4) is 0 Å². The van der Waals surface area contributed by atoms with Crippen LogP contribution >= 0.6 is 0 Å². The summed E-state index contributed by atoms with van der Waals surface area (Å²) in [6, 6.07) is -11.1. The summed E-state index contributed by atoms with van der Waals surface area (Å²) in [6.07, 6.45) is -6.99. The lowest BCUT2D eigenvalue weighted by molar-refractivity contribution is -0.346. The molecule has 0 spiro atoms. The highest BCUT2D eigenvalue weighted by molar-refractivity contribution is 5.88. The zero-order chi connectivity index (χ0) is 15.7. The number of hydrogen-bond donors (Lipinski definition) is 0. The van der Waals surface area contributed by atoms with Crippen LogP contribution in [0.4, 0.5) is 48.3 Å². The van der Waals surface area contributed by atoms with E-state index in [2.05, 4.69) is 0 Å². The van der Waals surface area contributed by atoms with Crippen molar-refractivity contribution in [1.82, 2.24) is 4.90 Å². The molecule has 0 saturated carbocycles. The van der Waals surface area contributed by atoms with Gasteiger partial charge in [0.2, 0.25) is 0 Å². The van der Waals surface area contributed by atoms with Crippen molar-refractivity contribution in [3.63, 3.8) is 0 Å². The van der Waals surface area contributed by atoms with Gasteiger partial charge in [-0.05, 0) is 0 Å². The van der Waals surface area contributed by atoms with Gasteiger partial charge >= 0.3 is 36.0 Å². The number of carbonyl (C=O) groups is 1. The normalized spacial score (nSPS) is 22.4. The van der Waals surface area contributed by atoms with Gasteiger partial charge in [0, 0.05) is 0 Å². The molecule has 1 heterocycles. The van der Waals surface area contributed by atoms with Gasteiger partial charge in [0.25, 0.3) is 0 Å². The molecule has 2 nitrogen and oxygen atoms in total. The fourth-order valence-electron chi connectivity index (χ4n) is 0.966. The molecule has 0 aromatic heterocycles. The van der Waals surface area contributed by atoms with Crippen molar-refractivity contribution in [2.24, 2.45) is 0 Å². The monoisotopic (exact) mass is 311 g/mol. The van der Waals surface area contributed by atoms with Crippen LogP contribution in [0.2, 0.25) is 0 Å². The molecule has 19 heavy (non-hydrogen) atoms. The van der Waals surface area contributed by atoms with Crippen LogP contribution in [-0.2, 0) is 4.79 Å². The van der Waals surface area contributed by atoms with E-state index in [4.69, 9.17) is 0 Å². The molecule has 0 aromatic rings. The van der Waals surface area contributed by atoms with Gasteiger partial charge in [-0.3, -0.25) is 4.79 Å². The van der Waals surface area contributed by atoms with Gasteiger partial charge in [-0.1, -0.05) is 0 Å². The number of hydrogen-bond acceptors (Lipinski definition) is 1. The van der Waals surface area contributed by atoms with Crippen LogP contribution in [0.15, 0.2) is 0 Å². The molecule has 0 N–H and O–H groups in total. The third kappa shape index (κ3) is 1.73. The highest BCUT2D eigenvalue weighted by Crippen LogP contribution is 2.60. The van der Waals surface area contributed by atoms with Crippen LogP contribution in [0.1, 0.15) is 0 Å². The molecule has 1 saturated heterocycles. The average molecular weight is 311 g/mol. The second-order valence-corrected chi connectivity index (χ2v) is 3.37. The number of amides is 1. The minimum Gasteiger partial charge on any atom is -0.267 e. The van der Waals surface area contributed by atoms with Crippen molar-refractivity contribution < 1.29 is 53.1 Å². The zero-order valence-electron chi connectivity index (χ0n) is 8.01. The standard InChI is InChI=1S/C6F11NO/c7-2(8,3(9,10)4(11,12)13)1(19)18-5(14,15)6(18,16)17. The van der Waals surface area contributed by atoms with Crippen molar-refractivity contribution >= 4 is 5.91 Å². The maximum absolute atomic E-state index is 12.5. The summed E-state index contributed by atoms with van der Waals surface area (Å²) in [7, 11) is 0. The molecule has 1 aliphatic heterocycles. The summed E-state index contributed by atoms with van der Waals surface area (Å²) in [5, 5.41) is 0. The molecule has 0 aromatic carbocycles. The summed E-state index contributed by atoms with van der Waals surface area (Å²) in [5.74, 6) is -17.9. The van der Waals surface area contributed by atoms with Gasteiger partial charge in [0.1, 0.15) is 0 Å². The van der Waals surface area contributed by atoms with Gasteiger partial charge < -0.3 is 0 Å². The van der Waals surface area contributed by atoms with Crippen molar-refractivity contribution in [1.29, 1.82) is 0 Å². The number of rotatable bonds is 2. The molecule has 1 rings (SSSR count). The summed E-state index contributed by atoms with van der Waals surface area (Å²) in [4.78, 5) is 8.05. The average Bonchev–Trinajstić information content (AvgIpc) is 2.54. The van der Waals surface area contributed by atoms with Crippen LogP contribution in [0.5, 0.6) is 0 Å². The van der Waals surface area contributed by atoms with E-state index in [1.165, 1.54) is 0 Å². The third-order valence-corrected chi connectivity index (χ3v) is 2.10. The minimum atomic E-state index is -7.08. The lowest BCUT2D eigenvalue weighted by Gasteiger charge is -2.26. The Bertz CT molecular complexity index is 396. The first-order valence-electron chi connectivity index (χ1n) is 3.95. The zero-order valence-corrected chi connectivity index (χ0v) is 8.01. The molecule has 0 unspecified atom stereocenters. The number of halogens is 11. The highest BCUT2D eigenvalue weighted by atomic mass is 19.4. The van der Waals surface area contributed by atoms with Gasteiger partial charge in [0.05, 0.1) is 0 Å². The molecule has 0 atom stereocenters. The van der Waals surface area contributed by atoms with Crippen molar-refractivity contribution in [2.75, 3.05) is 0 Å². The first-order chi connectivity index (χ1) is 8.03. The summed E-state index contributed by atoms with van der Waals surface area (Å²) in [5.41, 5.74) is 0. The van der Waals surface area contributed by atoms with E-state index in [9.17, 15) is 53.1 Å². The molecular formula is C6F11NO. The lowest BCUT2D eigenvalue weighted by atomic mass is 10.1. The Hall–Kier alpha value is -1.30. The molecular weight excluding hydrogens is 311 g/mol. The first-order valence-corrected chi connectivity index (χ1v) is 3.95. The lowest BCUT2D eigenvalue weighted by Crippen LogP contribution is -2.58. The molecule has 0 aliphatic carbocycles. The summed E-state index contributed by atoms with van der Waals surface area (Å²) >= 11 is 0. The van der Waals surface area contributed by atoms with E-state index in [1.807, 2.05) is 0 Å². The molecule has 112 valence electrons. The Morgan fingerprint density at radius 2 is 1.11 bits per heavy atom. The van der Waals surface area contributed by atoms with E-state index in [0.717, 1.165) is 0 Å². The van der Waals surface area contributed by atoms with E-state index >= 15 is 0 Å². The first kappa shape index (κ1) is 15.8. The highest BCUT2D eigenvalue weighted by Gasteiger charge is 2.91. The number of nitrogens with zero attached hydrogens (tertiary/aromatic N) is 1. The number of carbonyl (C=O) groups excluding carboxylic acids is 1. The quantitative estimate of drug-likeness (QED) is 0.436. The topological polar surface area (TPSA) is 20.1 Å². The molecule has 1 amide bonds. The fourth-order valence-corrected chi connectivity index (χ4v) is 0.966. The molecule has 1 fully saturated rings. The maximum atomic E-state index is 12.5. The Labute approximate surface area is 95.3 Å². The minimum absolute atomic E-state index is 2.33. The van der Waals surface area contributed by atoms with Gasteiger partial charge in [-0.25, -0.2) is 4.90 Å². The second kappa shape index (κ2) is 3.42. The maximum Gasteiger partial charge on any atom is 0.460 e. The van der Waals surface area contributed by atoms with Crippen molar-refractivity contribution in [2.45, 2.75) is 30.1 Å². The van der Waals surface area contributed by atoms with E-state index < -0.39 is 40.9 Å². The molecule has 1 aliphatic rings. The van der Waals surface area contributed by atoms with Crippen LogP contribution in [0.25, 0.3) is 0 Å². The van der Waals surface area contributed by atoms with Gasteiger partial charge in [-0.2, -0.15) is 48.3 Å². The molecule has 0 bridgehead atoms. The van der Waals surface area contributed by atoms with Crippen LogP contribution < -0.4 is 0 Å². The largest absolute Gasteiger partial charge is 0.460 e. The SMILES string of the molecule is O=C(N1C(F)(F)C1(F)F)C(F)(F)C(F)(F)C(F)(F)F. The molecule has 0 radical (unpaired) electrons. The van der Waals surface area contributed by atoms with Gasteiger partial charge in [0.15, 0.2) is 0 Å². The van der Waals surface area contributed by atoms with E-state index in [-0.39, 0.29) is 0 Å². The Morgan fingerprint density at radius 1 is 0.789 bits per heavy atom. The third-order valence-electron chi connectivity index (χ3n) is 2.10. The Kier molecular flexibility index (Phi) is 2.84. The van der Waals surface area contributed by atoms with Gasteiger partial charge in [-0.15, -0.1) is 0 Å². The predicted molar refractivity (Wildman–Crippen MR) is 32.7 cm³/mol. The Morgan fingerprint density at radius 3 is 1.32 bits per heavy atom. The van der Waals surface area contributed by atoms with E-state index in [0.29, 0.717) is 0 Å². The number of alkyl halides is 11. The van der Waals surface area contributed by atoms with Crippen molar-refractivity contribution in [3.8, 4) is 0 Å².